The molecule has 2 N–H and O–H groups in total. The lowest BCUT2D eigenvalue weighted by Gasteiger charge is -2.04. The molecule has 1 heterocycles. The summed E-state index contributed by atoms with van der Waals surface area (Å²) in [5.74, 6) is 0.301. The first-order valence-electron chi connectivity index (χ1n) is 7.86. The van der Waals surface area contributed by atoms with E-state index < -0.39 is 5.97 Å². The van der Waals surface area contributed by atoms with Gasteiger partial charge in [-0.15, -0.1) is 23.1 Å². The molecule has 0 fully saturated rings. The van der Waals surface area contributed by atoms with Gasteiger partial charge in [-0.3, -0.25) is 9.59 Å². The first-order valence-corrected chi connectivity index (χ1v) is 9.90. The van der Waals surface area contributed by atoms with E-state index in [9.17, 15) is 9.59 Å². The number of rotatable bonds is 10. The Kier molecular flexibility index (Phi) is 7.75. The highest BCUT2D eigenvalue weighted by Crippen LogP contribution is 2.25. The zero-order valence-electron chi connectivity index (χ0n) is 13.9. The van der Waals surface area contributed by atoms with Crippen molar-refractivity contribution >= 4 is 35.0 Å². The molecule has 134 valence electrons. The van der Waals surface area contributed by atoms with Gasteiger partial charge in [0.2, 0.25) is 0 Å². The Bertz CT molecular complexity index is 701. The van der Waals surface area contributed by atoms with E-state index >= 15 is 0 Å². The van der Waals surface area contributed by atoms with E-state index in [4.69, 9.17) is 9.84 Å². The van der Waals surface area contributed by atoms with Crippen molar-refractivity contribution in [2.45, 2.75) is 13.3 Å². The SMILES string of the molecule is CCCOc1ccc(-c2nc(C(=O)NCCSCC(=O)O)cs2)cc1. The van der Waals surface area contributed by atoms with Crippen LogP contribution in [0.4, 0.5) is 0 Å². The summed E-state index contributed by atoms with van der Waals surface area (Å²) in [7, 11) is 0. The quantitative estimate of drug-likeness (QED) is 0.616. The van der Waals surface area contributed by atoms with Crippen LogP contribution in [-0.2, 0) is 4.79 Å². The molecule has 2 aromatic rings. The molecule has 1 aromatic carbocycles. The summed E-state index contributed by atoms with van der Waals surface area (Å²) >= 11 is 2.67. The summed E-state index contributed by atoms with van der Waals surface area (Å²) in [6, 6.07) is 7.64. The first kappa shape index (κ1) is 19.3. The second-order valence-electron chi connectivity index (χ2n) is 5.11. The number of thiazole rings is 1. The van der Waals surface area contributed by atoms with Gasteiger partial charge in [0.15, 0.2) is 0 Å². The highest BCUT2D eigenvalue weighted by atomic mass is 32.2. The van der Waals surface area contributed by atoms with Gasteiger partial charge in [0.05, 0.1) is 12.4 Å². The Morgan fingerprint density at radius 2 is 2.08 bits per heavy atom. The second-order valence-corrected chi connectivity index (χ2v) is 7.08. The lowest BCUT2D eigenvalue weighted by Crippen LogP contribution is -2.26. The van der Waals surface area contributed by atoms with Crippen LogP contribution in [0.1, 0.15) is 23.8 Å². The zero-order chi connectivity index (χ0) is 18.1. The number of benzene rings is 1. The Labute approximate surface area is 154 Å². The maximum atomic E-state index is 12.0. The Morgan fingerprint density at radius 3 is 2.76 bits per heavy atom. The second kappa shape index (κ2) is 10.0. The van der Waals surface area contributed by atoms with Gasteiger partial charge in [-0.25, -0.2) is 4.98 Å². The maximum absolute atomic E-state index is 12.0. The van der Waals surface area contributed by atoms with Crippen molar-refractivity contribution < 1.29 is 19.4 Å². The summed E-state index contributed by atoms with van der Waals surface area (Å²) in [6.07, 6.45) is 0.960. The number of ether oxygens (including phenoxy) is 1. The van der Waals surface area contributed by atoms with Crippen molar-refractivity contribution in [1.29, 1.82) is 0 Å². The summed E-state index contributed by atoms with van der Waals surface area (Å²) in [5, 5.41) is 13.8. The maximum Gasteiger partial charge on any atom is 0.313 e. The number of aliphatic carboxylic acids is 1. The molecule has 0 spiro atoms. The number of hydrogen-bond donors (Lipinski definition) is 2. The molecule has 0 aliphatic rings. The van der Waals surface area contributed by atoms with Crippen molar-refractivity contribution in [2.24, 2.45) is 0 Å². The van der Waals surface area contributed by atoms with Gasteiger partial charge in [-0.05, 0) is 30.7 Å². The van der Waals surface area contributed by atoms with Crippen LogP contribution in [0.15, 0.2) is 29.6 Å². The Morgan fingerprint density at radius 1 is 1.32 bits per heavy atom. The summed E-state index contributed by atoms with van der Waals surface area (Å²) in [4.78, 5) is 26.8. The molecular weight excluding hydrogens is 360 g/mol. The zero-order valence-corrected chi connectivity index (χ0v) is 15.5. The van der Waals surface area contributed by atoms with Crippen molar-refractivity contribution in [3.63, 3.8) is 0 Å². The van der Waals surface area contributed by atoms with E-state index in [1.165, 1.54) is 23.1 Å². The first-order chi connectivity index (χ1) is 12.1. The smallest absolute Gasteiger partial charge is 0.313 e. The van der Waals surface area contributed by atoms with Crippen molar-refractivity contribution in [2.75, 3.05) is 24.7 Å². The third kappa shape index (κ3) is 6.39. The van der Waals surface area contributed by atoms with Gasteiger partial charge in [0, 0.05) is 23.2 Å². The fraction of sp³-hybridized carbons (Fsp3) is 0.353. The molecule has 2 rings (SSSR count). The number of hydrogen-bond acceptors (Lipinski definition) is 6. The number of carbonyl (C=O) groups is 2. The van der Waals surface area contributed by atoms with Gasteiger partial charge in [-0.1, -0.05) is 6.92 Å². The molecule has 0 atom stereocenters. The van der Waals surface area contributed by atoms with Crippen LogP contribution in [0.2, 0.25) is 0 Å². The van der Waals surface area contributed by atoms with E-state index in [1.807, 2.05) is 24.3 Å². The number of carboxylic acid groups (broad SMARTS) is 1. The molecule has 1 amide bonds. The molecule has 0 radical (unpaired) electrons. The van der Waals surface area contributed by atoms with Crippen molar-refractivity contribution in [3.05, 3.63) is 35.3 Å². The summed E-state index contributed by atoms with van der Waals surface area (Å²) in [6.45, 7) is 3.15. The van der Waals surface area contributed by atoms with Gasteiger partial charge in [0.1, 0.15) is 16.5 Å². The molecule has 0 unspecified atom stereocenters. The van der Waals surface area contributed by atoms with Crippen LogP contribution >= 0.6 is 23.1 Å². The topological polar surface area (TPSA) is 88.5 Å². The van der Waals surface area contributed by atoms with Gasteiger partial charge in [0.25, 0.3) is 5.91 Å². The lowest BCUT2D eigenvalue weighted by atomic mass is 10.2. The number of nitrogens with zero attached hydrogens (tertiary/aromatic N) is 1. The van der Waals surface area contributed by atoms with Crippen molar-refractivity contribution in [1.82, 2.24) is 10.3 Å². The van der Waals surface area contributed by atoms with Crippen molar-refractivity contribution in [3.8, 4) is 16.3 Å². The summed E-state index contributed by atoms with van der Waals surface area (Å²) < 4.78 is 5.55. The number of carboxylic acids is 1. The van der Waals surface area contributed by atoms with E-state index in [0.717, 1.165) is 22.7 Å². The molecule has 0 saturated carbocycles. The average molecular weight is 380 g/mol. The lowest BCUT2D eigenvalue weighted by molar-refractivity contribution is -0.133. The molecule has 8 heteroatoms. The van der Waals surface area contributed by atoms with Gasteiger partial charge >= 0.3 is 5.97 Å². The minimum Gasteiger partial charge on any atom is -0.494 e. The highest BCUT2D eigenvalue weighted by Gasteiger charge is 2.11. The van der Waals surface area contributed by atoms with Crippen LogP contribution in [0.25, 0.3) is 10.6 Å². The molecule has 0 saturated heterocycles. The predicted octanol–water partition coefficient (Wildman–Crippen LogP) is 3.15. The third-order valence-corrected chi connectivity index (χ3v) is 4.90. The fourth-order valence-corrected chi connectivity index (χ4v) is 3.28. The number of carbonyl (C=O) groups excluding carboxylic acids is 1. The molecule has 25 heavy (non-hydrogen) atoms. The number of nitrogens with one attached hydrogen (secondary N) is 1. The van der Waals surface area contributed by atoms with Gasteiger partial charge < -0.3 is 15.2 Å². The average Bonchev–Trinajstić information content (AvgIpc) is 3.10. The minimum atomic E-state index is -0.855. The van der Waals surface area contributed by atoms with Crippen LogP contribution in [0.5, 0.6) is 5.75 Å². The normalized spacial score (nSPS) is 10.4. The minimum absolute atomic E-state index is 0.0364. The molecule has 0 aliphatic heterocycles. The largest absolute Gasteiger partial charge is 0.494 e. The van der Waals surface area contributed by atoms with E-state index in [2.05, 4.69) is 17.2 Å². The summed E-state index contributed by atoms with van der Waals surface area (Å²) in [5.41, 5.74) is 1.31. The standard InChI is InChI=1S/C17H20N2O4S2/c1-2-8-23-13-5-3-12(4-6-13)17-19-14(10-25-17)16(22)18-7-9-24-11-15(20)21/h3-6,10H,2,7-9,11H2,1H3,(H,18,22)(H,20,21). The van der Waals surface area contributed by atoms with E-state index in [0.29, 0.717) is 24.6 Å². The number of thioether (sulfide) groups is 1. The van der Waals surface area contributed by atoms with Crippen LogP contribution in [0.3, 0.4) is 0 Å². The number of amides is 1. The number of aromatic nitrogens is 1. The van der Waals surface area contributed by atoms with E-state index in [1.54, 1.807) is 5.38 Å². The Hall–Kier alpha value is -2.06. The fourth-order valence-electron chi connectivity index (χ4n) is 1.91. The van der Waals surface area contributed by atoms with Crippen LogP contribution < -0.4 is 10.1 Å². The molecule has 6 nitrogen and oxygen atoms in total. The Balaban J connectivity index is 1.86. The third-order valence-electron chi connectivity index (χ3n) is 3.07. The van der Waals surface area contributed by atoms with Crippen LogP contribution in [0, 0.1) is 0 Å². The molecule has 0 bridgehead atoms. The van der Waals surface area contributed by atoms with Gasteiger partial charge in [-0.2, -0.15) is 0 Å². The predicted molar refractivity (Wildman–Crippen MR) is 101 cm³/mol. The monoisotopic (exact) mass is 380 g/mol. The van der Waals surface area contributed by atoms with Crippen LogP contribution in [-0.4, -0.2) is 46.6 Å². The molecular formula is C17H20N2O4S2. The molecule has 0 aliphatic carbocycles. The highest BCUT2D eigenvalue weighted by molar-refractivity contribution is 7.99. The van der Waals surface area contributed by atoms with E-state index in [-0.39, 0.29) is 11.7 Å². The molecule has 1 aromatic heterocycles.